The Hall–Kier alpha value is -4.20. The number of carboxylic acid groups (broad SMARTS) is 2. The third kappa shape index (κ3) is 10.5. The van der Waals surface area contributed by atoms with E-state index < -0.39 is 72.6 Å². The van der Waals surface area contributed by atoms with Crippen LogP contribution in [0.1, 0.15) is 31.7 Å². The molecule has 0 radical (unpaired) electrons. The van der Waals surface area contributed by atoms with Crippen LogP contribution in [0, 0.1) is 0 Å². The number of aliphatic carboxylic acids is 2. The number of rotatable bonds is 14. The van der Waals surface area contributed by atoms with Crippen molar-refractivity contribution in [1.29, 1.82) is 0 Å². The molecule has 10 N–H and O–H groups in total. The first-order chi connectivity index (χ1) is 16.3. The van der Waals surface area contributed by atoms with Crippen LogP contribution in [0.2, 0.25) is 0 Å². The van der Waals surface area contributed by atoms with Gasteiger partial charge in [0.05, 0.1) is 12.5 Å². The highest BCUT2D eigenvalue weighted by atomic mass is 16.4. The molecule has 192 valence electrons. The number of nitrogens with one attached hydrogen (secondary N) is 3. The molecule has 0 saturated heterocycles. The Balaban J connectivity index is 3.12. The highest BCUT2D eigenvalue weighted by Crippen LogP contribution is 2.12. The molecule has 4 unspecified atom stereocenters. The Morgan fingerprint density at radius 1 is 0.886 bits per heavy atom. The van der Waals surface area contributed by atoms with Crippen LogP contribution in [0.3, 0.4) is 0 Å². The van der Waals surface area contributed by atoms with E-state index in [0.29, 0.717) is 5.56 Å². The molecule has 1 rings (SSSR count). The summed E-state index contributed by atoms with van der Waals surface area (Å²) in [5, 5.41) is 34.3. The summed E-state index contributed by atoms with van der Waals surface area (Å²) in [6, 6.07) is 0.226. The molecular formula is C21H29N5O9. The zero-order valence-corrected chi connectivity index (χ0v) is 18.9. The average Bonchev–Trinajstić information content (AvgIpc) is 2.76. The van der Waals surface area contributed by atoms with Crippen molar-refractivity contribution in [3.05, 3.63) is 29.8 Å². The lowest BCUT2D eigenvalue weighted by atomic mass is 10.0. The Kier molecular flexibility index (Phi) is 11.1. The van der Waals surface area contributed by atoms with Crippen molar-refractivity contribution in [3.8, 4) is 5.75 Å². The van der Waals surface area contributed by atoms with Crippen molar-refractivity contribution < 1.29 is 44.1 Å². The van der Waals surface area contributed by atoms with Crippen LogP contribution in [0.25, 0.3) is 0 Å². The molecule has 14 heteroatoms. The van der Waals surface area contributed by atoms with Crippen LogP contribution in [-0.4, -0.2) is 75.1 Å². The van der Waals surface area contributed by atoms with E-state index in [0.717, 1.165) is 0 Å². The predicted molar refractivity (Wildman–Crippen MR) is 120 cm³/mol. The summed E-state index contributed by atoms with van der Waals surface area (Å²) in [4.78, 5) is 71.0. The standard InChI is InChI=1S/C21H29N5O9/c1-10(21(34)35)24-19(32)14(6-7-17(29)30)25-20(33)15(8-11-2-4-12(27)5-3-11)26-18(31)13(22)9-16(23)28/h2-5,10,13-15,27H,6-9,22H2,1H3,(H2,23,28)(H,24,32)(H,25,33)(H,26,31)(H,29,30)(H,34,35). The summed E-state index contributed by atoms with van der Waals surface area (Å²) in [6.07, 6.45) is -1.49. The van der Waals surface area contributed by atoms with Gasteiger partial charge in [-0.2, -0.15) is 0 Å². The van der Waals surface area contributed by atoms with Gasteiger partial charge in [0.25, 0.3) is 0 Å². The van der Waals surface area contributed by atoms with E-state index in [9.17, 15) is 33.9 Å². The summed E-state index contributed by atoms with van der Waals surface area (Å²) >= 11 is 0. The SMILES string of the molecule is CC(NC(=O)C(CCC(=O)O)NC(=O)C(Cc1ccc(O)cc1)NC(=O)C(N)CC(N)=O)C(=O)O. The van der Waals surface area contributed by atoms with Gasteiger partial charge in [0.15, 0.2) is 0 Å². The van der Waals surface area contributed by atoms with Crippen molar-refractivity contribution in [2.24, 2.45) is 11.5 Å². The minimum Gasteiger partial charge on any atom is -0.508 e. The smallest absolute Gasteiger partial charge is 0.325 e. The number of benzene rings is 1. The Bertz CT molecular complexity index is 951. The molecular weight excluding hydrogens is 466 g/mol. The summed E-state index contributed by atoms with van der Waals surface area (Å²) < 4.78 is 0. The summed E-state index contributed by atoms with van der Waals surface area (Å²) in [6.45, 7) is 1.18. The van der Waals surface area contributed by atoms with E-state index in [1.807, 2.05) is 0 Å². The first-order valence-corrected chi connectivity index (χ1v) is 10.5. The number of phenolic OH excluding ortho intramolecular Hbond substituents is 1. The van der Waals surface area contributed by atoms with Crippen LogP contribution < -0.4 is 27.4 Å². The molecule has 0 bridgehead atoms. The van der Waals surface area contributed by atoms with Gasteiger partial charge < -0.3 is 42.7 Å². The van der Waals surface area contributed by atoms with Gasteiger partial charge in [0, 0.05) is 12.8 Å². The van der Waals surface area contributed by atoms with Gasteiger partial charge in [-0.25, -0.2) is 0 Å². The second-order valence-corrected chi connectivity index (χ2v) is 7.77. The zero-order valence-electron chi connectivity index (χ0n) is 18.9. The monoisotopic (exact) mass is 495 g/mol. The van der Waals surface area contributed by atoms with E-state index in [1.54, 1.807) is 0 Å². The van der Waals surface area contributed by atoms with E-state index in [-0.39, 0.29) is 18.6 Å². The quantitative estimate of drug-likeness (QED) is 0.135. The number of carbonyl (C=O) groups excluding carboxylic acids is 4. The maximum Gasteiger partial charge on any atom is 0.325 e. The van der Waals surface area contributed by atoms with Crippen molar-refractivity contribution in [1.82, 2.24) is 16.0 Å². The van der Waals surface area contributed by atoms with Gasteiger partial charge in [-0.05, 0) is 31.0 Å². The van der Waals surface area contributed by atoms with Crippen LogP contribution in [0.5, 0.6) is 5.75 Å². The van der Waals surface area contributed by atoms with Gasteiger partial charge in [0.2, 0.25) is 23.6 Å². The highest BCUT2D eigenvalue weighted by Gasteiger charge is 2.30. The fraction of sp³-hybridized carbons (Fsp3) is 0.429. The highest BCUT2D eigenvalue weighted by molar-refractivity contribution is 5.95. The lowest BCUT2D eigenvalue weighted by Crippen LogP contribution is -2.57. The average molecular weight is 495 g/mol. The van der Waals surface area contributed by atoms with Crippen molar-refractivity contribution in [2.75, 3.05) is 0 Å². The van der Waals surface area contributed by atoms with Crippen molar-refractivity contribution in [2.45, 2.75) is 56.8 Å². The van der Waals surface area contributed by atoms with Gasteiger partial charge in [0.1, 0.15) is 23.9 Å². The minimum absolute atomic E-state index is 0.0415. The second kappa shape index (κ2) is 13.5. The topological polar surface area (TPSA) is 251 Å². The molecule has 1 aromatic carbocycles. The van der Waals surface area contributed by atoms with E-state index in [2.05, 4.69) is 16.0 Å². The molecule has 0 saturated carbocycles. The largest absolute Gasteiger partial charge is 0.508 e. The van der Waals surface area contributed by atoms with Crippen molar-refractivity contribution in [3.63, 3.8) is 0 Å². The summed E-state index contributed by atoms with van der Waals surface area (Å²) in [5.74, 6) is -6.20. The van der Waals surface area contributed by atoms with Crippen LogP contribution in [-0.2, 0) is 35.2 Å². The van der Waals surface area contributed by atoms with Gasteiger partial charge in [-0.15, -0.1) is 0 Å². The first-order valence-electron chi connectivity index (χ1n) is 10.5. The molecule has 14 nitrogen and oxygen atoms in total. The number of nitrogens with two attached hydrogens (primary N) is 2. The molecule has 4 atom stereocenters. The number of primary amides is 1. The lowest BCUT2D eigenvalue weighted by Gasteiger charge is -2.24. The summed E-state index contributed by atoms with van der Waals surface area (Å²) in [7, 11) is 0. The Morgan fingerprint density at radius 2 is 1.43 bits per heavy atom. The number of amides is 4. The molecule has 0 aliphatic carbocycles. The van der Waals surface area contributed by atoms with Gasteiger partial charge in [-0.1, -0.05) is 12.1 Å². The lowest BCUT2D eigenvalue weighted by molar-refractivity contribution is -0.142. The zero-order chi connectivity index (χ0) is 26.7. The summed E-state index contributed by atoms with van der Waals surface area (Å²) in [5.41, 5.74) is 11.2. The molecule has 35 heavy (non-hydrogen) atoms. The number of carbonyl (C=O) groups is 6. The maximum atomic E-state index is 13.0. The number of phenols is 1. The molecule has 0 heterocycles. The van der Waals surface area contributed by atoms with E-state index >= 15 is 0 Å². The van der Waals surface area contributed by atoms with Crippen molar-refractivity contribution >= 4 is 35.6 Å². The first kappa shape index (κ1) is 28.8. The number of aromatic hydroxyl groups is 1. The predicted octanol–water partition coefficient (Wildman–Crippen LogP) is -2.44. The molecule has 0 aliphatic rings. The maximum absolute atomic E-state index is 13.0. The van der Waals surface area contributed by atoms with E-state index in [4.69, 9.17) is 21.7 Å². The normalized spacial score (nSPS) is 14.0. The van der Waals surface area contributed by atoms with Gasteiger partial charge in [-0.3, -0.25) is 28.8 Å². The number of hydrogen-bond acceptors (Lipinski definition) is 8. The molecule has 4 amide bonds. The molecule has 1 aromatic rings. The molecule has 0 aliphatic heterocycles. The van der Waals surface area contributed by atoms with Crippen LogP contribution >= 0.6 is 0 Å². The molecule has 0 spiro atoms. The minimum atomic E-state index is -1.43. The number of hydrogen-bond donors (Lipinski definition) is 8. The third-order valence-electron chi connectivity index (χ3n) is 4.78. The molecule has 0 aromatic heterocycles. The third-order valence-corrected chi connectivity index (χ3v) is 4.78. The van der Waals surface area contributed by atoms with E-state index in [1.165, 1.54) is 31.2 Å². The van der Waals surface area contributed by atoms with Crippen LogP contribution in [0.15, 0.2) is 24.3 Å². The molecule has 0 fully saturated rings. The van der Waals surface area contributed by atoms with Gasteiger partial charge >= 0.3 is 11.9 Å². The fourth-order valence-corrected chi connectivity index (χ4v) is 2.85. The Labute approximate surface area is 200 Å². The number of carboxylic acids is 2. The fourth-order valence-electron chi connectivity index (χ4n) is 2.85. The Morgan fingerprint density at radius 3 is 1.94 bits per heavy atom. The van der Waals surface area contributed by atoms with Crippen LogP contribution in [0.4, 0.5) is 0 Å². The second-order valence-electron chi connectivity index (χ2n) is 7.77.